The van der Waals surface area contributed by atoms with E-state index < -0.39 is 24.4 Å². The smallest absolute Gasteiger partial charge is 0.111 e. The number of unbranched alkanes of at least 4 members (excludes halogenated alkanes) is 7. The predicted molar refractivity (Wildman–Crippen MR) is 94.9 cm³/mol. The lowest BCUT2D eigenvalue weighted by Crippen LogP contribution is -2.54. The van der Waals surface area contributed by atoms with Gasteiger partial charge < -0.3 is 24.8 Å². The number of ether oxygens (including phenoxy) is 2. The summed E-state index contributed by atoms with van der Waals surface area (Å²) in [6.45, 7) is 3.16. The molecule has 24 heavy (non-hydrogen) atoms. The zero-order valence-electron chi connectivity index (χ0n) is 15.1. The fourth-order valence-corrected chi connectivity index (χ4v) is 2.77. The van der Waals surface area contributed by atoms with Crippen LogP contribution in [0.3, 0.4) is 0 Å². The van der Waals surface area contributed by atoms with Crippen LogP contribution in [0.25, 0.3) is 0 Å². The van der Waals surface area contributed by atoms with Crippen LogP contribution in [0.5, 0.6) is 0 Å². The van der Waals surface area contributed by atoms with Crippen LogP contribution in [0, 0.1) is 0 Å². The number of aliphatic hydroxyl groups is 3. The minimum absolute atomic E-state index is 0.0408. The molecule has 0 radical (unpaired) electrons. The number of hydrogen-bond donors (Lipinski definition) is 3. The average molecular weight is 344 g/mol. The van der Waals surface area contributed by atoms with Gasteiger partial charge in [0.2, 0.25) is 0 Å². The summed E-state index contributed by atoms with van der Waals surface area (Å²) in [4.78, 5) is 0. The zero-order chi connectivity index (χ0) is 17.6. The van der Waals surface area contributed by atoms with Crippen LogP contribution in [0.15, 0.2) is 12.2 Å². The molecule has 1 aliphatic heterocycles. The fraction of sp³-hybridized carbons (Fsp3) is 0.895. The van der Waals surface area contributed by atoms with Gasteiger partial charge in [0.15, 0.2) is 0 Å². The third-order valence-electron chi connectivity index (χ3n) is 4.44. The number of allylic oxidation sites excluding steroid dienone is 2. The molecular weight excluding hydrogens is 308 g/mol. The van der Waals surface area contributed by atoms with E-state index in [1.165, 1.54) is 44.9 Å². The lowest BCUT2D eigenvalue weighted by molar-refractivity contribution is -0.199. The maximum atomic E-state index is 9.78. The third-order valence-corrected chi connectivity index (χ3v) is 4.44. The molecule has 0 bridgehead atoms. The van der Waals surface area contributed by atoms with Gasteiger partial charge in [-0.05, 0) is 25.7 Å². The van der Waals surface area contributed by atoms with Gasteiger partial charge in [0.05, 0.1) is 13.2 Å². The lowest BCUT2D eigenvalue weighted by Gasteiger charge is -2.35. The van der Waals surface area contributed by atoms with E-state index in [0.717, 1.165) is 12.8 Å². The highest BCUT2D eigenvalue weighted by molar-refractivity contribution is 4.86. The summed E-state index contributed by atoms with van der Waals surface area (Å²) >= 11 is 0. The molecule has 0 amide bonds. The molecule has 5 nitrogen and oxygen atoms in total. The summed E-state index contributed by atoms with van der Waals surface area (Å²) in [6.07, 6.45) is 11.6. The summed E-state index contributed by atoms with van der Waals surface area (Å²) in [5.74, 6) is 0. The zero-order valence-corrected chi connectivity index (χ0v) is 15.1. The van der Waals surface area contributed by atoms with E-state index in [-0.39, 0.29) is 13.2 Å². The van der Waals surface area contributed by atoms with Crippen LogP contribution in [0.4, 0.5) is 0 Å². The Morgan fingerprint density at radius 3 is 2.33 bits per heavy atom. The molecule has 1 rings (SSSR count). The highest BCUT2D eigenvalue weighted by atomic mass is 16.6. The summed E-state index contributed by atoms with van der Waals surface area (Å²) < 4.78 is 10.8. The van der Waals surface area contributed by atoms with Gasteiger partial charge in [0.25, 0.3) is 0 Å². The third kappa shape index (κ3) is 9.14. The van der Waals surface area contributed by atoms with Gasteiger partial charge in [-0.15, -0.1) is 0 Å². The molecular formula is C19H36O5. The molecule has 0 saturated carbocycles. The van der Waals surface area contributed by atoms with Gasteiger partial charge in [0, 0.05) is 6.61 Å². The van der Waals surface area contributed by atoms with Crippen molar-refractivity contribution < 1.29 is 24.8 Å². The van der Waals surface area contributed by atoms with Gasteiger partial charge in [-0.2, -0.15) is 0 Å². The highest BCUT2D eigenvalue weighted by Gasteiger charge is 2.37. The van der Waals surface area contributed by atoms with Gasteiger partial charge >= 0.3 is 0 Å². The summed E-state index contributed by atoms with van der Waals surface area (Å²) in [6, 6.07) is 0. The fourth-order valence-electron chi connectivity index (χ4n) is 2.77. The van der Waals surface area contributed by atoms with E-state index in [2.05, 4.69) is 19.1 Å². The first-order valence-electron chi connectivity index (χ1n) is 9.55. The lowest BCUT2D eigenvalue weighted by atomic mass is 10.0. The molecule has 1 saturated heterocycles. The Morgan fingerprint density at radius 2 is 1.58 bits per heavy atom. The summed E-state index contributed by atoms with van der Waals surface area (Å²) in [7, 11) is 0. The standard InChI is InChI=1S/C19H36O5/c1-2-3-4-5-6-7-8-9-10-11-12-13-23-15-17-19(22)18(21)16(20)14-24-17/h5-6,16-22H,2-4,7-15H2,1H3/b6-5+/t16-,17+,18+,19+/m0/s1. The second kappa shape index (κ2) is 13.8. The second-order valence-electron chi connectivity index (χ2n) is 6.67. The van der Waals surface area contributed by atoms with E-state index in [9.17, 15) is 15.3 Å². The number of rotatable bonds is 13. The molecule has 0 aliphatic carbocycles. The van der Waals surface area contributed by atoms with Crippen molar-refractivity contribution >= 4 is 0 Å². The Balaban J connectivity index is 1.88. The van der Waals surface area contributed by atoms with Gasteiger partial charge in [-0.1, -0.05) is 51.2 Å². The van der Waals surface area contributed by atoms with Crippen LogP contribution >= 0.6 is 0 Å². The normalized spacial score (nSPS) is 27.8. The average Bonchev–Trinajstić information content (AvgIpc) is 2.58. The first-order valence-corrected chi connectivity index (χ1v) is 9.55. The highest BCUT2D eigenvalue weighted by Crippen LogP contribution is 2.16. The van der Waals surface area contributed by atoms with Crippen molar-refractivity contribution in [2.24, 2.45) is 0 Å². The second-order valence-corrected chi connectivity index (χ2v) is 6.67. The summed E-state index contributed by atoms with van der Waals surface area (Å²) in [5, 5.41) is 28.7. The summed E-state index contributed by atoms with van der Waals surface area (Å²) in [5.41, 5.74) is 0. The molecule has 1 aliphatic rings. The molecule has 3 N–H and O–H groups in total. The van der Waals surface area contributed by atoms with E-state index >= 15 is 0 Å². The van der Waals surface area contributed by atoms with Crippen LogP contribution < -0.4 is 0 Å². The quantitative estimate of drug-likeness (QED) is 0.353. The molecule has 1 heterocycles. The largest absolute Gasteiger partial charge is 0.388 e. The molecule has 0 spiro atoms. The van der Waals surface area contributed by atoms with Crippen LogP contribution in [0.2, 0.25) is 0 Å². The SMILES string of the molecule is CCCC/C=C/CCCCCCCOC[C@H]1OC[C@H](O)[C@@H](O)[C@@H]1O. The Kier molecular flexibility index (Phi) is 12.4. The van der Waals surface area contributed by atoms with Crippen molar-refractivity contribution in [2.75, 3.05) is 19.8 Å². The minimum atomic E-state index is -1.15. The molecule has 1 fully saturated rings. The molecule has 142 valence electrons. The Bertz CT molecular complexity index is 321. The Hall–Kier alpha value is -0.460. The van der Waals surface area contributed by atoms with E-state index in [0.29, 0.717) is 6.61 Å². The topological polar surface area (TPSA) is 79.2 Å². The van der Waals surface area contributed by atoms with Gasteiger partial charge in [0.1, 0.15) is 24.4 Å². The Morgan fingerprint density at radius 1 is 0.917 bits per heavy atom. The number of hydrogen-bond acceptors (Lipinski definition) is 5. The minimum Gasteiger partial charge on any atom is -0.388 e. The Labute approximate surface area is 146 Å². The van der Waals surface area contributed by atoms with E-state index in [4.69, 9.17) is 9.47 Å². The molecule has 5 heteroatoms. The van der Waals surface area contributed by atoms with Crippen LogP contribution in [-0.2, 0) is 9.47 Å². The van der Waals surface area contributed by atoms with Crippen molar-refractivity contribution in [1.82, 2.24) is 0 Å². The molecule has 0 unspecified atom stereocenters. The van der Waals surface area contributed by atoms with Crippen molar-refractivity contribution in [2.45, 2.75) is 89.1 Å². The van der Waals surface area contributed by atoms with Crippen molar-refractivity contribution in [3.63, 3.8) is 0 Å². The predicted octanol–water partition coefficient (Wildman–Crippen LogP) is 2.57. The van der Waals surface area contributed by atoms with Crippen LogP contribution in [-0.4, -0.2) is 59.6 Å². The molecule has 0 aromatic heterocycles. The van der Waals surface area contributed by atoms with E-state index in [1.54, 1.807) is 0 Å². The molecule has 0 aromatic carbocycles. The monoisotopic (exact) mass is 344 g/mol. The number of aliphatic hydroxyl groups excluding tert-OH is 3. The van der Waals surface area contributed by atoms with Gasteiger partial charge in [-0.25, -0.2) is 0 Å². The first kappa shape index (κ1) is 21.6. The van der Waals surface area contributed by atoms with Gasteiger partial charge in [-0.3, -0.25) is 0 Å². The van der Waals surface area contributed by atoms with Crippen molar-refractivity contribution in [3.8, 4) is 0 Å². The maximum absolute atomic E-state index is 9.78. The molecule has 0 aromatic rings. The molecule has 4 atom stereocenters. The van der Waals surface area contributed by atoms with Crippen molar-refractivity contribution in [3.05, 3.63) is 12.2 Å². The van der Waals surface area contributed by atoms with Crippen LogP contribution in [0.1, 0.15) is 64.7 Å². The maximum Gasteiger partial charge on any atom is 0.111 e. The van der Waals surface area contributed by atoms with Crippen molar-refractivity contribution in [1.29, 1.82) is 0 Å². The first-order chi connectivity index (χ1) is 11.7. The van der Waals surface area contributed by atoms with E-state index in [1.807, 2.05) is 0 Å².